The van der Waals surface area contributed by atoms with Gasteiger partial charge in [0.2, 0.25) is 0 Å². The van der Waals surface area contributed by atoms with Crippen molar-refractivity contribution in [2.24, 2.45) is 4.99 Å². The third-order valence-corrected chi connectivity index (χ3v) is 4.59. The van der Waals surface area contributed by atoms with E-state index in [0.29, 0.717) is 16.4 Å². The average Bonchev–Trinajstić information content (AvgIpc) is 2.91. The Morgan fingerprint density at radius 2 is 2.08 bits per heavy atom. The van der Waals surface area contributed by atoms with Crippen molar-refractivity contribution in [3.63, 3.8) is 0 Å². The van der Waals surface area contributed by atoms with Gasteiger partial charge >= 0.3 is 0 Å². The monoisotopic (exact) mass is 352 g/mol. The summed E-state index contributed by atoms with van der Waals surface area (Å²) in [5, 5.41) is 0.637. The van der Waals surface area contributed by atoms with E-state index in [-0.39, 0.29) is 5.91 Å². The Morgan fingerprint density at radius 3 is 2.83 bits per heavy atom. The Morgan fingerprint density at radius 1 is 1.29 bits per heavy atom. The summed E-state index contributed by atoms with van der Waals surface area (Å²) in [6.07, 6.45) is 8.63. The number of benzene rings is 2. The molecule has 3 nitrogen and oxygen atoms in total. The molecule has 0 atom stereocenters. The number of hydrogen-bond donors (Lipinski definition) is 0. The van der Waals surface area contributed by atoms with Gasteiger partial charge in [0.05, 0.1) is 16.8 Å². The zero-order chi connectivity index (χ0) is 16.9. The van der Waals surface area contributed by atoms with Crippen LogP contribution in [0.5, 0.6) is 0 Å². The van der Waals surface area contributed by atoms with Crippen LogP contribution in [0.1, 0.15) is 5.56 Å². The number of fused-ring (bicyclic) bond motifs is 1. The number of aromatic nitrogens is 1. The first-order valence-corrected chi connectivity index (χ1v) is 8.41. The molecule has 2 aromatic carbocycles. The van der Waals surface area contributed by atoms with E-state index in [2.05, 4.69) is 10.9 Å². The zero-order valence-corrected chi connectivity index (χ0v) is 14.2. The second-order valence-corrected chi connectivity index (χ2v) is 6.43. The van der Waals surface area contributed by atoms with Crippen molar-refractivity contribution in [2.75, 3.05) is 0 Å². The number of rotatable bonds is 3. The van der Waals surface area contributed by atoms with Crippen LogP contribution in [0.2, 0.25) is 5.02 Å². The largest absolute Gasteiger partial charge is 0.305 e. The summed E-state index contributed by atoms with van der Waals surface area (Å²) in [5.74, 6) is 2.26. The van der Waals surface area contributed by atoms with Crippen molar-refractivity contribution >= 4 is 45.1 Å². The van der Waals surface area contributed by atoms with E-state index in [1.165, 1.54) is 17.4 Å². The topological polar surface area (TPSA) is 34.4 Å². The number of carbonyl (C=O) groups is 1. The number of hydrogen-bond acceptors (Lipinski definition) is 2. The van der Waals surface area contributed by atoms with E-state index in [4.69, 9.17) is 18.0 Å². The SMILES string of the molecule is C#CCn1c(=NC(=O)C=Cc2ccccc2)sc2cc(Cl)ccc21. The maximum Gasteiger partial charge on any atom is 0.272 e. The molecule has 0 N–H and O–H groups in total. The summed E-state index contributed by atoms with van der Waals surface area (Å²) < 4.78 is 2.78. The van der Waals surface area contributed by atoms with Crippen molar-refractivity contribution in [1.29, 1.82) is 0 Å². The third kappa shape index (κ3) is 3.65. The Labute approximate surface area is 148 Å². The van der Waals surface area contributed by atoms with Gasteiger partial charge in [-0.2, -0.15) is 4.99 Å². The lowest BCUT2D eigenvalue weighted by atomic mass is 10.2. The van der Waals surface area contributed by atoms with Gasteiger partial charge in [0, 0.05) is 11.1 Å². The molecule has 5 heteroatoms. The first-order valence-electron chi connectivity index (χ1n) is 7.21. The van der Waals surface area contributed by atoms with Crippen molar-refractivity contribution in [2.45, 2.75) is 6.54 Å². The molecule has 118 valence electrons. The van der Waals surface area contributed by atoms with Gasteiger partial charge in [0.25, 0.3) is 5.91 Å². The number of amides is 1. The molecular weight excluding hydrogens is 340 g/mol. The molecule has 1 amide bonds. The van der Waals surface area contributed by atoms with Crippen molar-refractivity contribution in [1.82, 2.24) is 4.57 Å². The van der Waals surface area contributed by atoms with Crippen molar-refractivity contribution < 1.29 is 4.79 Å². The molecule has 0 bridgehead atoms. The molecular formula is C19H13ClN2OS. The van der Waals surface area contributed by atoms with Gasteiger partial charge < -0.3 is 4.57 Å². The molecule has 0 aliphatic carbocycles. The first-order chi connectivity index (χ1) is 11.7. The number of carbonyl (C=O) groups excluding carboxylic acids is 1. The predicted octanol–water partition coefficient (Wildman–Crippen LogP) is 4.13. The number of thiazole rings is 1. The second kappa shape index (κ2) is 7.31. The Hall–Kier alpha value is -2.61. The Kier molecular flexibility index (Phi) is 4.95. The van der Waals surface area contributed by atoms with E-state index in [1.807, 2.05) is 47.0 Å². The van der Waals surface area contributed by atoms with Crippen LogP contribution < -0.4 is 4.80 Å². The van der Waals surface area contributed by atoms with Crippen LogP contribution in [0.25, 0.3) is 16.3 Å². The van der Waals surface area contributed by atoms with E-state index >= 15 is 0 Å². The lowest BCUT2D eigenvalue weighted by molar-refractivity contribution is -0.113. The predicted molar refractivity (Wildman–Crippen MR) is 99.7 cm³/mol. The van der Waals surface area contributed by atoms with E-state index in [1.54, 1.807) is 12.1 Å². The molecule has 0 aliphatic rings. The van der Waals surface area contributed by atoms with Gasteiger partial charge in [-0.15, -0.1) is 6.42 Å². The van der Waals surface area contributed by atoms with Gasteiger partial charge in [-0.3, -0.25) is 4.79 Å². The van der Waals surface area contributed by atoms with Gasteiger partial charge in [-0.05, 0) is 29.8 Å². The normalized spacial score (nSPS) is 11.9. The van der Waals surface area contributed by atoms with Crippen LogP contribution in [0.4, 0.5) is 0 Å². The van der Waals surface area contributed by atoms with Crippen molar-refractivity contribution in [3.8, 4) is 12.3 Å². The molecule has 0 radical (unpaired) electrons. The lowest BCUT2D eigenvalue weighted by Gasteiger charge is -1.99. The van der Waals surface area contributed by atoms with E-state index in [0.717, 1.165) is 15.8 Å². The molecule has 24 heavy (non-hydrogen) atoms. The lowest BCUT2D eigenvalue weighted by Crippen LogP contribution is -2.15. The van der Waals surface area contributed by atoms with Crippen LogP contribution in [0.3, 0.4) is 0 Å². The highest BCUT2D eigenvalue weighted by atomic mass is 35.5. The zero-order valence-electron chi connectivity index (χ0n) is 12.6. The maximum atomic E-state index is 12.1. The van der Waals surface area contributed by atoms with Gasteiger partial charge in [0.15, 0.2) is 4.80 Å². The van der Waals surface area contributed by atoms with Crippen LogP contribution in [0, 0.1) is 12.3 Å². The molecule has 0 spiro atoms. The molecule has 3 aromatic rings. The minimum absolute atomic E-state index is 0.331. The average molecular weight is 353 g/mol. The van der Waals surface area contributed by atoms with Gasteiger partial charge in [0.1, 0.15) is 0 Å². The first kappa shape index (κ1) is 16.3. The number of halogens is 1. The fraction of sp³-hybridized carbons (Fsp3) is 0.0526. The minimum atomic E-state index is -0.331. The molecule has 0 saturated heterocycles. The van der Waals surface area contributed by atoms with Crippen LogP contribution in [-0.4, -0.2) is 10.5 Å². The minimum Gasteiger partial charge on any atom is -0.305 e. The fourth-order valence-corrected chi connectivity index (χ4v) is 3.55. The smallest absolute Gasteiger partial charge is 0.272 e. The van der Waals surface area contributed by atoms with E-state index < -0.39 is 0 Å². The summed E-state index contributed by atoms with van der Waals surface area (Å²) >= 11 is 7.42. The summed E-state index contributed by atoms with van der Waals surface area (Å²) in [7, 11) is 0. The third-order valence-electron chi connectivity index (χ3n) is 3.32. The molecule has 0 unspecified atom stereocenters. The van der Waals surface area contributed by atoms with Crippen LogP contribution in [-0.2, 0) is 11.3 Å². The molecule has 0 saturated carbocycles. The molecule has 0 fully saturated rings. The highest BCUT2D eigenvalue weighted by Gasteiger charge is 2.07. The highest BCUT2D eigenvalue weighted by molar-refractivity contribution is 7.16. The molecule has 0 aliphatic heterocycles. The van der Waals surface area contributed by atoms with Gasteiger partial charge in [-0.25, -0.2) is 0 Å². The highest BCUT2D eigenvalue weighted by Crippen LogP contribution is 2.21. The second-order valence-electron chi connectivity index (χ2n) is 4.98. The molecule has 1 heterocycles. The standard InChI is InChI=1S/C19H13ClN2OS/c1-2-12-22-16-10-9-15(20)13-17(16)24-19(22)21-18(23)11-8-14-6-4-3-5-7-14/h1,3-11,13H,12H2. The van der Waals surface area contributed by atoms with Gasteiger partial charge in [-0.1, -0.05) is 59.2 Å². The maximum absolute atomic E-state index is 12.1. The quantitative estimate of drug-likeness (QED) is 0.515. The summed E-state index contributed by atoms with van der Waals surface area (Å²) in [6, 6.07) is 15.1. The summed E-state index contributed by atoms with van der Waals surface area (Å²) in [4.78, 5) is 16.9. The number of nitrogens with zero attached hydrogens (tertiary/aromatic N) is 2. The van der Waals surface area contributed by atoms with E-state index in [9.17, 15) is 4.79 Å². The summed E-state index contributed by atoms with van der Waals surface area (Å²) in [5.41, 5.74) is 1.86. The molecule has 1 aromatic heterocycles. The fourth-order valence-electron chi connectivity index (χ4n) is 2.24. The van der Waals surface area contributed by atoms with Crippen LogP contribution >= 0.6 is 22.9 Å². The summed E-state index contributed by atoms with van der Waals surface area (Å²) in [6.45, 7) is 0.343. The number of terminal acetylenes is 1. The Balaban J connectivity index is 2.00. The van der Waals surface area contributed by atoms with Crippen LogP contribution in [0.15, 0.2) is 59.6 Å². The van der Waals surface area contributed by atoms with Crippen molar-refractivity contribution in [3.05, 3.63) is 70.0 Å². The Bertz CT molecular complexity index is 1020. The molecule has 3 rings (SSSR count).